The van der Waals surface area contributed by atoms with Crippen LogP contribution in [-0.2, 0) is 0 Å². The summed E-state index contributed by atoms with van der Waals surface area (Å²) in [6.45, 7) is 0. The van der Waals surface area contributed by atoms with E-state index >= 15 is 0 Å². The number of hydrogen-bond donors (Lipinski definition) is 2. The first-order chi connectivity index (χ1) is 12.8. The van der Waals surface area contributed by atoms with E-state index in [4.69, 9.17) is 0 Å². The van der Waals surface area contributed by atoms with E-state index in [2.05, 4.69) is 20.8 Å². The molecule has 0 spiro atoms. The highest BCUT2D eigenvalue weighted by Gasteiger charge is 2.15. The zero-order valence-corrected chi connectivity index (χ0v) is 13.2. The second-order valence-electron chi connectivity index (χ2n) is 5.23. The minimum atomic E-state index is -1.64. The molecular weight excluding hydrogens is 371 g/mol. The first-order valence-electron chi connectivity index (χ1n) is 7.36. The fraction of sp³-hybridized carbons (Fsp3) is 0. The molecule has 0 saturated heterocycles. The predicted octanol–water partition coefficient (Wildman–Crippen LogP) is 4.17. The van der Waals surface area contributed by atoms with Crippen molar-refractivity contribution < 1.29 is 26.7 Å². The molecule has 0 radical (unpaired) electrons. The molecule has 138 valence electrons. The monoisotopic (exact) mass is 380 g/mol. The Morgan fingerprint density at radius 1 is 0.778 bits per heavy atom. The molecule has 0 aliphatic carbocycles. The molecule has 0 aliphatic heterocycles. The number of nitrogens with zero attached hydrogens (tertiary/aromatic N) is 2. The normalized spacial score (nSPS) is 10.6. The Labute approximate surface area is 148 Å². The van der Waals surface area contributed by atoms with E-state index in [9.17, 15) is 26.7 Å². The lowest BCUT2D eigenvalue weighted by Gasteiger charge is -2.08. The predicted molar refractivity (Wildman–Crippen MR) is 85.9 cm³/mol. The lowest BCUT2D eigenvalue weighted by Crippen LogP contribution is -2.15. The topological polar surface area (TPSA) is 66.9 Å². The van der Waals surface area contributed by atoms with Crippen LogP contribution in [0.2, 0.25) is 0 Å². The highest BCUT2D eigenvalue weighted by Crippen LogP contribution is 2.22. The van der Waals surface area contributed by atoms with Gasteiger partial charge in [-0.25, -0.2) is 22.0 Å². The maximum absolute atomic E-state index is 13.6. The van der Waals surface area contributed by atoms with Crippen LogP contribution in [0.5, 0.6) is 0 Å². The van der Waals surface area contributed by atoms with Crippen molar-refractivity contribution in [2.75, 3.05) is 10.6 Å². The summed E-state index contributed by atoms with van der Waals surface area (Å²) in [6, 6.07) is 6.96. The number of carbonyl (C=O) groups is 1. The molecule has 0 aliphatic rings. The van der Waals surface area contributed by atoms with Crippen LogP contribution in [0, 0.1) is 29.1 Å². The summed E-state index contributed by atoms with van der Waals surface area (Å²) in [6.07, 6.45) is 0. The summed E-state index contributed by atoms with van der Waals surface area (Å²) in [5, 5.41) is 11.9. The van der Waals surface area contributed by atoms with Gasteiger partial charge >= 0.3 is 0 Å². The van der Waals surface area contributed by atoms with Gasteiger partial charge in [-0.3, -0.25) is 4.79 Å². The van der Waals surface area contributed by atoms with E-state index in [0.29, 0.717) is 0 Å². The first kappa shape index (κ1) is 18.2. The molecule has 27 heavy (non-hydrogen) atoms. The fourth-order valence-corrected chi connectivity index (χ4v) is 2.05. The Balaban J connectivity index is 1.72. The van der Waals surface area contributed by atoms with Crippen molar-refractivity contribution in [3.8, 4) is 0 Å². The molecule has 0 saturated carbocycles. The van der Waals surface area contributed by atoms with Gasteiger partial charge in [0.1, 0.15) is 0 Å². The van der Waals surface area contributed by atoms with Crippen LogP contribution in [-0.4, -0.2) is 16.1 Å². The van der Waals surface area contributed by atoms with Crippen LogP contribution in [0.3, 0.4) is 0 Å². The van der Waals surface area contributed by atoms with Gasteiger partial charge in [0.25, 0.3) is 5.91 Å². The third-order valence-corrected chi connectivity index (χ3v) is 3.37. The number of anilines is 3. The summed E-state index contributed by atoms with van der Waals surface area (Å²) in [5.74, 6) is -7.40. The average Bonchev–Trinajstić information content (AvgIpc) is 2.66. The minimum absolute atomic E-state index is 0.00626. The van der Waals surface area contributed by atoms with Crippen LogP contribution >= 0.6 is 0 Å². The quantitative estimate of drug-likeness (QED) is 0.527. The molecule has 0 unspecified atom stereocenters. The maximum Gasteiger partial charge on any atom is 0.276 e. The molecule has 0 bridgehead atoms. The van der Waals surface area contributed by atoms with Crippen LogP contribution in [0.4, 0.5) is 39.1 Å². The number of hydrogen-bond acceptors (Lipinski definition) is 4. The summed E-state index contributed by atoms with van der Waals surface area (Å²) in [7, 11) is 0. The Morgan fingerprint density at radius 2 is 1.52 bits per heavy atom. The standard InChI is InChI=1S/C17H9F5N4O/c18-9-2-1-8(7-11(9)20)23-17(27)13-5-6-14(26-25-13)24-12-4-3-10(19)15(21)16(12)22/h1-7H,(H,23,27)(H,24,26). The number of halogens is 5. The van der Waals surface area contributed by atoms with Gasteiger partial charge in [0.15, 0.2) is 40.6 Å². The van der Waals surface area contributed by atoms with E-state index in [-0.39, 0.29) is 22.9 Å². The van der Waals surface area contributed by atoms with E-state index in [0.717, 1.165) is 30.3 Å². The molecule has 2 aromatic carbocycles. The largest absolute Gasteiger partial charge is 0.336 e. The zero-order valence-electron chi connectivity index (χ0n) is 13.2. The van der Waals surface area contributed by atoms with Crippen molar-refractivity contribution >= 4 is 23.1 Å². The van der Waals surface area contributed by atoms with Gasteiger partial charge < -0.3 is 10.6 Å². The van der Waals surface area contributed by atoms with E-state index in [1.165, 1.54) is 12.1 Å². The minimum Gasteiger partial charge on any atom is -0.336 e. The second-order valence-corrected chi connectivity index (χ2v) is 5.23. The molecule has 1 heterocycles. The molecule has 3 rings (SSSR count). The Morgan fingerprint density at radius 3 is 2.19 bits per heavy atom. The fourth-order valence-electron chi connectivity index (χ4n) is 2.05. The van der Waals surface area contributed by atoms with Gasteiger partial charge in [-0.15, -0.1) is 10.2 Å². The number of benzene rings is 2. The van der Waals surface area contributed by atoms with Crippen molar-refractivity contribution in [1.82, 2.24) is 10.2 Å². The molecule has 0 fully saturated rings. The number of aromatic nitrogens is 2. The van der Waals surface area contributed by atoms with Crippen molar-refractivity contribution in [1.29, 1.82) is 0 Å². The SMILES string of the molecule is O=C(Nc1ccc(F)c(F)c1)c1ccc(Nc2ccc(F)c(F)c2F)nn1. The van der Waals surface area contributed by atoms with Crippen molar-refractivity contribution in [2.24, 2.45) is 0 Å². The molecule has 3 aromatic rings. The second kappa shape index (κ2) is 7.36. The van der Waals surface area contributed by atoms with E-state index in [1.807, 2.05) is 0 Å². The first-order valence-corrected chi connectivity index (χ1v) is 7.36. The molecule has 5 nitrogen and oxygen atoms in total. The molecular formula is C17H9F5N4O. The van der Waals surface area contributed by atoms with Gasteiger partial charge in [-0.1, -0.05) is 0 Å². The highest BCUT2D eigenvalue weighted by molar-refractivity contribution is 6.02. The van der Waals surface area contributed by atoms with Crippen LogP contribution in [0.15, 0.2) is 42.5 Å². The average molecular weight is 380 g/mol. The lowest BCUT2D eigenvalue weighted by atomic mass is 10.2. The summed E-state index contributed by atoms with van der Waals surface area (Å²) in [5.41, 5.74) is -0.537. The number of carbonyl (C=O) groups excluding carboxylic acids is 1. The van der Waals surface area contributed by atoms with Crippen molar-refractivity contribution in [3.63, 3.8) is 0 Å². The Hall–Kier alpha value is -3.56. The van der Waals surface area contributed by atoms with Gasteiger partial charge in [-0.2, -0.15) is 0 Å². The van der Waals surface area contributed by atoms with Gasteiger partial charge in [-0.05, 0) is 36.4 Å². The van der Waals surface area contributed by atoms with Gasteiger partial charge in [0.05, 0.1) is 5.69 Å². The highest BCUT2D eigenvalue weighted by atomic mass is 19.2. The third kappa shape index (κ3) is 4.00. The number of nitrogens with one attached hydrogen (secondary N) is 2. The summed E-state index contributed by atoms with van der Waals surface area (Å²) >= 11 is 0. The van der Waals surface area contributed by atoms with Gasteiger partial charge in [0, 0.05) is 11.8 Å². The van der Waals surface area contributed by atoms with Crippen LogP contribution < -0.4 is 10.6 Å². The van der Waals surface area contributed by atoms with Crippen molar-refractivity contribution in [3.05, 3.63) is 77.2 Å². The smallest absolute Gasteiger partial charge is 0.276 e. The summed E-state index contributed by atoms with van der Waals surface area (Å²) < 4.78 is 65.7. The molecule has 10 heteroatoms. The third-order valence-electron chi connectivity index (χ3n) is 3.37. The molecule has 1 aromatic heterocycles. The van der Waals surface area contributed by atoms with Crippen LogP contribution in [0.1, 0.15) is 10.5 Å². The Bertz CT molecular complexity index is 1010. The molecule has 0 atom stereocenters. The van der Waals surface area contributed by atoms with Crippen molar-refractivity contribution in [2.45, 2.75) is 0 Å². The number of amides is 1. The van der Waals surface area contributed by atoms with E-state index < -0.39 is 35.0 Å². The Kier molecular flexibility index (Phi) is 4.97. The lowest BCUT2D eigenvalue weighted by molar-refractivity contribution is 0.102. The zero-order chi connectivity index (χ0) is 19.6. The number of rotatable bonds is 4. The summed E-state index contributed by atoms with van der Waals surface area (Å²) in [4.78, 5) is 12.0. The molecule has 2 N–H and O–H groups in total. The molecule has 1 amide bonds. The van der Waals surface area contributed by atoms with Crippen LogP contribution in [0.25, 0.3) is 0 Å². The maximum atomic E-state index is 13.6. The van der Waals surface area contributed by atoms with E-state index in [1.54, 1.807) is 0 Å². The van der Waals surface area contributed by atoms with Gasteiger partial charge in [0.2, 0.25) is 0 Å².